The molecule has 0 aromatic heterocycles. The molecule has 0 rings (SSSR count). The molecule has 0 aromatic rings. The van der Waals surface area contributed by atoms with E-state index in [1.807, 2.05) is 0 Å². The minimum Gasteiger partial charge on any atom is -0.391 e. The highest BCUT2D eigenvalue weighted by molar-refractivity contribution is 4.52. The van der Waals surface area contributed by atoms with Crippen LogP contribution in [0.4, 0.5) is 0 Å². The molecule has 0 aromatic carbocycles. The molecule has 0 saturated heterocycles. The topological polar surface area (TPSA) is 55.5 Å². The number of hydrogen-bond acceptors (Lipinski definition) is 3. The highest BCUT2D eigenvalue weighted by atomic mass is 16.5. The average Bonchev–Trinajstić information content (AvgIpc) is 2.01. The lowest BCUT2D eigenvalue weighted by molar-refractivity contribution is 0.0348. The molecule has 1 unspecified atom stereocenters. The molecule has 11 heavy (non-hydrogen) atoms. The van der Waals surface area contributed by atoms with Crippen LogP contribution in [0, 0.1) is 0 Å². The van der Waals surface area contributed by atoms with Crippen LogP contribution in [-0.2, 0) is 4.74 Å². The number of ether oxygens (including phenoxy) is 1. The van der Waals surface area contributed by atoms with Crippen LogP contribution in [0.2, 0.25) is 0 Å². The van der Waals surface area contributed by atoms with Gasteiger partial charge in [-0.15, -0.1) is 0 Å². The van der Waals surface area contributed by atoms with Gasteiger partial charge in [0.1, 0.15) is 0 Å². The third-order valence-electron chi connectivity index (χ3n) is 1.46. The summed E-state index contributed by atoms with van der Waals surface area (Å²) in [5.41, 5.74) is 5.21. The quantitative estimate of drug-likeness (QED) is 0.535. The molecule has 0 radical (unpaired) electrons. The Morgan fingerprint density at radius 3 is 2.82 bits per heavy atom. The second kappa shape index (κ2) is 7.98. The van der Waals surface area contributed by atoms with Gasteiger partial charge in [-0.3, -0.25) is 0 Å². The van der Waals surface area contributed by atoms with Crippen molar-refractivity contribution in [2.75, 3.05) is 19.8 Å². The number of aliphatic hydroxyl groups excluding tert-OH is 1. The third-order valence-corrected chi connectivity index (χ3v) is 1.46. The maximum Gasteiger partial charge on any atom is 0.0773 e. The van der Waals surface area contributed by atoms with Crippen LogP contribution in [0.1, 0.15) is 26.2 Å². The van der Waals surface area contributed by atoms with Gasteiger partial charge in [-0.05, 0) is 6.42 Å². The molecule has 3 nitrogen and oxygen atoms in total. The van der Waals surface area contributed by atoms with Crippen molar-refractivity contribution in [3.8, 4) is 0 Å². The third kappa shape index (κ3) is 7.78. The summed E-state index contributed by atoms with van der Waals surface area (Å²) in [6.07, 6.45) is 2.71. The number of aliphatic hydroxyl groups is 1. The summed E-state index contributed by atoms with van der Waals surface area (Å²) < 4.78 is 5.07. The number of unbranched alkanes of at least 4 members (excludes halogenated alkanes) is 1. The highest BCUT2D eigenvalue weighted by Gasteiger charge is 2.01. The zero-order valence-corrected chi connectivity index (χ0v) is 7.25. The van der Waals surface area contributed by atoms with Crippen molar-refractivity contribution < 1.29 is 9.84 Å². The smallest absolute Gasteiger partial charge is 0.0773 e. The van der Waals surface area contributed by atoms with Crippen LogP contribution in [0.3, 0.4) is 0 Å². The van der Waals surface area contributed by atoms with Crippen molar-refractivity contribution in [1.29, 1.82) is 0 Å². The molecule has 0 spiro atoms. The highest BCUT2D eigenvalue weighted by Crippen LogP contribution is 1.99. The standard InChI is InChI=1S/C8H19NO2/c1-2-3-4-8(10)7-11-6-5-9/h8,10H,2-7,9H2,1H3. The fourth-order valence-corrected chi connectivity index (χ4v) is 0.826. The maximum atomic E-state index is 9.24. The van der Waals surface area contributed by atoms with E-state index in [4.69, 9.17) is 10.5 Å². The molecular formula is C8H19NO2. The van der Waals surface area contributed by atoms with Gasteiger partial charge in [0.05, 0.1) is 19.3 Å². The lowest BCUT2D eigenvalue weighted by Gasteiger charge is -2.09. The van der Waals surface area contributed by atoms with E-state index in [0.29, 0.717) is 19.8 Å². The first-order chi connectivity index (χ1) is 5.31. The predicted molar refractivity (Wildman–Crippen MR) is 45.4 cm³/mol. The van der Waals surface area contributed by atoms with Gasteiger partial charge in [-0.25, -0.2) is 0 Å². The van der Waals surface area contributed by atoms with Crippen LogP contribution in [0.5, 0.6) is 0 Å². The molecule has 0 bridgehead atoms. The zero-order valence-electron chi connectivity index (χ0n) is 7.25. The Kier molecular flexibility index (Phi) is 7.89. The van der Waals surface area contributed by atoms with Gasteiger partial charge < -0.3 is 15.6 Å². The van der Waals surface area contributed by atoms with Crippen LogP contribution in [0.25, 0.3) is 0 Å². The number of hydrogen-bond donors (Lipinski definition) is 2. The van der Waals surface area contributed by atoms with Crippen molar-refractivity contribution in [1.82, 2.24) is 0 Å². The Morgan fingerprint density at radius 2 is 2.27 bits per heavy atom. The first-order valence-electron chi connectivity index (χ1n) is 4.27. The minimum absolute atomic E-state index is 0.304. The Hall–Kier alpha value is -0.120. The molecule has 1 atom stereocenters. The Balaban J connectivity index is 3.02. The number of rotatable bonds is 7. The zero-order chi connectivity index (χ0) is 8.53. The van der Waals surface area contributed by atoms with Crippen LogP contribution in [0.15, 0.2) is 0 Å². The minimum atomic E-state index is -0.304. The van der Waals surface area contributed by atoms with Gasteiger partial charge in [-0.1, -0.05) is 19.8 Å². The van der Waals surface area contributed by atoms with E-state index in [1.54, 1.807) is 0 Å². The van der Waals surface area contributed by atoms with Crippen molar-refractivity contribution in [2.24, 2.45) is 5.73 Å². The first-order valence-corrected chi connectivity index (χ1v) is 4.27. The van der Waals surface area contributed by atoms with E-state index >= 15 is 0 Å². The van der Waals surface area contributed by atoms with E-state index in [-0.39, 0.29) is 6.10 Å². The monoisotopic (exact) mass is 161 g/mol. The van der Waals surface area contributed by atoms with E-state index in [9.17, 15) is 5.11 Å². The predicted octanol–water partition coefficient (Wildman–Crippen LogP) is 0.513. The Bertz CT molecular complexity index is 78.5. The van der Waals surface area contributed by atoms with E-state index in [1.165, 1.54) is 0 Å². The van der Waals surface area contributed by atoms with E-state index in [0.717, 1.165) is 19.3 Å². The Labute approximate surface area is 68.5 Å². The fourth-order valence-electron chi connectivity index (χ4n) is 0.826. The molecule has 0 amide bonds. The molecule has 3 heteroatoms. The molecule has 0 aliphatic rings. The second-order valence-electron chi connectivity index (χ2n) is 2.66. The Morgan fingerprint density at radius 1 is 1.55 bits per heavy atom. The normalized spacial score (nSPS) is 13.4. The summed E-state index contributed by atoms with van der Waals surface area (Å²) in [4.78, 5) is 0. The molecule has 0 aliphatic carbocycles. The second-order valence-corrected chi connectivity index (χ2v) is 2.66. The van der Waals surface area contributed by atoms with Gasteiger partial charge in [0, 0.05) is 6.54 Å². The van der Waals surface area contributed by atoms with Gasteiger partial charge in [-0.2, -0.15) is 0 Å². The lowest BCUT2D eigenvalue weighted by Crippen LogP contribution is -2.18. The van der Waals surface area contributed by atoms with Crippen LogP contribution < -0.4 is 5.73 Å². The van der Waals surface area contributed by atoms with Gasteiger partial charge >= 0.3 is 0 Å². The van der Waals surface area contributed by atoms with E-state index in [2.05, 4.69) is 6.92 Å². The SMILES string of the molecule is CCCCC(O)COCCN. The summed E-state index contributed by atoms with van der Waals surface area (Å²) in [6.45, 7) is 3.61. The van der Waals surface area contributed by atoms with Crippen molar-refractivity contribution in [2.45, 2.75) is 32.3 Å². The maximum absolute atomic E-state index is 9.24. The summed E-state index contributed by atoms with van der Waals surface area (Å²) >= 11 is 0. The first kappa shape index (κ1) is 10.9. The van der Waals surface area contributed by atoms with Crippen LogP contribution >= 0.6 is 0 Å². The molecule has 68 valence electrons. The molecule has 0 saturated carbocycles. The van der Waals surface area contributed by atoms with E-state index < -0.39 is 0 Å². The number of nitrogens with two attached hydrogens (primary N) is 1. The largest absolute Gasteiger partial charge is 0.391 e. The molecule has 0 aliphatic heterocycles. The summed E-state index contributed by atoms with van der Waals surface area (Å²) in [5, 5.41) is 9.24. The average molecular weight is 161 g/mol. The summed E-state index contributed by atoms with van der Waals surface area (Å²) in [7, 11) is 0. The molecule has 3 N–H and O–H groups in total. The van der Waals surface area contributed by atoms with Crippen molar-refractivity contribution >= 4 is 0 Å². The summed E-state index contributed by atoms with van der Waals surface area (Å²) in [5.74, 6) is 0. The lowest BCUT2D eigenvalue weighted by atomic mass is 10.2. The molecule has 0 heterocycles. The summed E-state index contributed by atoms with van der Waals surface area (Å²) in [6, 6.07) is 0. The van der Waals surface area contributed by atoms with Gasteiger partial charge in [0.2, 0.25) is 0 Å². The fraction of sp³-hybridized carbons (Fsp3) is 1.00. The van der Waals surface area contributed by atoms with Crippen molar-refractivity contribution in [3.05, 3.63) is 0 Å². The van der Waals surface area contributed by atoms with Gasteiger partial charge in [0.25, 0.3) is 0 Å². The van der Waals surface area contributed by atoms with Crippen LogP contribution in [-0.4, -0.2) is 31.0 Å². The van der Waals surface area contributed by atoms with Gasteiger partial charge in [0.15, 0.2) is 0 Å². The van der Waals surface area contributed by atoms with Crippen molar-refractivity contribution in [3.63, 3.8) is 0 Å². The molecular weight excluding hydrogens is 142 g/mol. The molecule has 0 fully saturated rings.